The number of hydrogen-bond donors (Lipinski definition) is 2. The predicted molar refractivity (Wildman–Crippen MR) is 110 cm³/mol. The summed E-state index contributed by atoms with van der Waals surface area (Å²) < 4.78 is 0. The Bertz CT molecular complexity index is 850. The van der Waals surface area contributed by atoms with Gasteiger partial charge in [0.05, 0.1) is 11.8 Å². The van der Waals surface area contributed by atoms with Crippen LogP contribution in [0, 0.1) is 25.7 Å². The number of aryl methyl sites for hydroxylation is 4. The molecule has 2 atom stereocenters. The summed E-state index contributed by atoms with van der Waals surface area (Å²) in [4.78, 5) is 25.2. The van der Waals surface area contributed by atoms with Gasteiger partial charge in [-0.3, -0.25) is 9.59 Å². The van der Waals surface area contributed by atoms with E-state index in [1.807, 2.05) is 50.2 Å². The molecule has 2 aromatic rings. The Morgan fingerprint density at radius 3 is 2.04 bits per heavy atom. The second-order valence-electron chi connectivity index (χ2n) is 7.38. The molecule has 142 valence electrons. The predicted octanol–water partition coefficient (Wildman–Crippen LogP) is 4.64. The molecule has 0 bridgehead atoms. The highest BCUT2D eigenvalue weighted by Crippen LogP contribution is 2.40. The molecule has 1 aliphatic rings. The van der Waals surface area contributed by atoms with E-state index in [4.69, 9.17) is 0 Å². The number of nitrogens with one attached hydrogen (secondary N) is 2. The highest BCUT2D eigenvalue weighted by molar-refractivity contribution is 6.03. The maximum Gasteiger partial charge on any atom is 0.228 e. The summed E-state index contributed by atoms with van der Waals surface area (Å²) in [6.45, 7) is 8.23. The van der Waals surface area contributed by atoms with Crippen molar-refractivity contribution in [3.8, 4) is 0 Å². The molecule has 2 aromatic carbocycles. The third kappa shape index (κ3) is 4.21. The van der Waals surface area contributed by atoms with Crippen LogP contribution in [0.25, 0.3) is 0 Å². The molecule has 0 saturated heterocycles. The van der Waals surface area contributed by atoms with Gasteiger partial charge in [0.1, 0.15) is 0 Å². The first-order valence-corrected chi connectivity index (χ1v) is 9.74. The molecule has 2 unspecified atom stereocenters. The smallest absolute Gasteiger partial charge is 0.228 e. The number of amides is 2. The van der Waals surface area contributed by atoms with Gasteiger partial charge in [0.15, 0.2) is 0 Å². The van der Waals surface area contributed by atoms with Gasteiger partial charge in [-0.1, -0.05) is 38.1 Å². The Balaban J connectivity index is 1.64. The Morgan fingerprint density at radius 1 is 0.889 bits per heavy atom. The highest BCUT2D eigenvalue weighted by Gasteiger charge is 2.48. The van der Waals surface area contributed by atoms with Gasteiger partial charge >= 0.3 is 0 Å². The highest BCUT2D eigenvalue weighted by atomic mass is 16.2. The summed E-state index contributed by atoms with van der Waals surface area (Å²) in [6.07, 6.45) is 2.34. The number of carbonyl (C=O) groups excluding carboxylic acids is 2. The lowest BCUT2D eigenvalue weighted by molar-refractivity contribution is -0.122. The molecule has 0 spiro atoms. The van der Waals surface area contributed by atoms with Gasteiger partial charge in [-0.2, -0.15) is 0 Å². The fourth-order valence-electron chi connectivity index (χ4n) is 3.45. The van der Waals surface area contributed by atoms with Crippen LogP contribution in [-0.2, 0) is 22.4 Å². The van der Waals surface area contributed by atoms with Crippen LogP contribution in [0.3, 0.4) is 0 Å². The number of para-hydroxylation sites is 1. The second kappa shape index (κ2) is 7.95. The Labute approximate surface area is 161 Å². The molecule has 3 rings (SSSR count). The molecule has 2 N–H and O–H groups in total. The second-order valence-corrected chi connectivity index (χ2v) is 7.38. The van der Waals surface area contributed by atoms with Crippen molar-refractivity contribution >= 4 is 23.2 Å². The van der Waals surface area contributed by atoms with E-state index < -0.39 is 0 Å². The zero-order valence-electron chi connectivity index (χ0n) is 16.6. The molecule has 0 heterocycles. The van der Waals surface area contributed by atoms with Crippen LogP contribution in [0.1, 0.15) is 42.5 Å². The molecule has 0 radical (unpaired) electrons. The van der Waals surface area contributed by atoms with Crippen LogP contribution in [-0.4, -0.2) is 11.8 Å². The molecule has 1 fully saturated rings. The summed E-state index contributed by atoms with van der Waals surface area (Å²) >= 11 is 0. The summed E-state index contributed by atoms with van der Waals surface area (Å²) in [5.74, 6) is -0.611. The first-order valence-electron chi connectivity index (χ1n) is 9.74. The van der Waals surface area contributed by atoms with E-state index in [-0.39, 0.29) is 23.7 Å². The van der Waals surface area contributed by atoms with Gasteiger partial charge in [-0.25, -0.2) is 0 Å². The molecule has 0 aromatic heterocycles. The van der Waals surface area contributed by atoms with Crippen molar-refractivity contribution in [2.24, 2.45) is 11.8 Å². The fraction of sp³-hybridized carbons (Fsp3) is 0.391. The van der Waals surface area contributed by atoms with Crippen molar-refractivity contribution in [2.75, 3.05) is 10.6 Å². The van der Waals surface area contributed by atoms with Gasteiger partial charge < -0.3 is 10.6 Å². The van der Waals surface area contributed by atoms with E-state index in [0.29, 0.717) is 6.42 Å². The number of anilines is 2. The molecule has 0 aliphatic heterocycles. The summed E-state index contributed by atoms with van der Waals surface area (Å²) in [6, 6.07) is 12.0. The number of rotatable bonds is 6. The summed E-state index contributed by atoms with van der Waals surface area (Å²) in [7, 11) is 0. The number of hydrogen-bond acceptors (Lipinski definition) is 2. The first-order chi connectivity index (χ1) is 12.9. The van der Waals surface area contributed by atoms with Crippen molar-refractivity contribution in [3.05, 3.63) is 58.7 Å². The molecule has 27 heavy (non-hydrogen) atoms. The van der Waals surface area contributed by atoms with E-state index in [9.17, 15) is 9.59 Å². The van der Waals surface area contributed by atoms with Gasteiger partial charge in [0, 0.05) is 11.4 Å². The Hall–Kier alpha value is -2.62. The molecule has 1 aliphatic carbocycles. The van der Waals surface area contributed by atoms with E-state index in [1.54, 1.807) is 0 Å². The Kier molecular flexibility index (Phi) is 5.64. The SMILES string of the molecule is CCc1cccc(CC)c1NC(=O)C1CC1C(=O)Nc1ccc(C)c(C)c1. The minimum atomic E-state index is -0.245. The van der Waals surface area contributed by atoms with E-state index in [0.717, 1.165) is 40.9 Å². The van der Waals surface area contributed by atoms with Crippen molar-refractivity contribution in [1.29, 1.82) is 0 Å². The number of carbonyl (C=O) groups is 2. The standard InChI is InChI=1S/C23H28N2O2/c1-5-16-8-7-9-17(6-2)21(16)25-23(27)20-13-19(20)22(26)24-18-11-10-14(3)15(4)12-18/h7-12,19-20H,5-6,13H2,1-4H3,(H,24,26)(H,25,27). The van der Waals surface area contributed by atoms with Gasteiger partial charge in [0.2, 0.25) is 11.8 Å². The van der Waals surface area contributed by atoms with E-state index in [2.05, 4.69) is 24.5 Å². The van der Waals surface area contributed by atoms with Crippen LogP contribution < -0.4 is 10.6 Å². The van der Waals surface area contributed by atoms with Crippen molar-refractivity contribution in [1.82, 2.24) is 0 Å². The zero-order chi connectivity index (χ0) is 19.6. The van der Waals surface area contributed by atoms with Gasteiger partial charge in [0.25, 0.3) is 0 Å². The zero-order valence-corrected chi connectivity index (χ0v) is 16.6. The molecular formula is C23H28N2O2. The van der Waals surface area contributed by atoms with Gasteiger partial charge in [-0.15, -0.1) is 0 Å². The van der Waals surface area contributed by atoms with Crippen LogP contribution in [0.4, 0.5) is 11.4 Å². The minimum Gasteiger partial charge on any atom is -0.326 e. The lowest BCUT2D eigenvalue weighted by atomic mass is 10.0. The van der Waals surface area contributed by atoms with E-state index >= 15 is 0 Å². The van der Waals surface area contributed by atoms with Crippen molar-refractivity contribution < 1.29 is 9.59 Å². The molecule has 1 saturated carbocycles. The van der Waals surface area contributed by atoms with E-state index in [1.165, 1.54) is 5.56 Å². The van der Waals surface area contributed by atoms with Crippen LogP contribution in [0.2, 0.25) is 0 Å². The summed E-state index contributed by atoms with van der Waals surface area (Å²) in [5.41, 5.74) is 6.32. The summed E-state index contributed by atoms with van der Waals surface area (Å²) in [5, 5.41) is 6.04. The third-order valence-electron chi connectivity index (χ3n) is 5.49. The third-order valence-corrected chi connectivity index (χ3v) is 5.49. The van der Waals surface area contributed by atoms with Crippen molar-refractivity contribution in [2.45, 2.75) is 47.0 Å². The maximum absolute atomic E-state index is 12.7. The fourth-order valence-corrected chi connectivity index (χ4v) is 3.45. The van der Waals surface area contributed by atoms with Crippen molar-refractivity contribution in [3.63, 3.8) is 0 Å². The maximum atomic E-state index is 12.7. The average Bonchev–Trinajstić information content (AvgIpc) is 3.46. The Morgan fingerprint density at radius 2 is 1.48 bits per heavy atom. The van der Waals surface area contributed by atoms with Crippen LogP contribution in [0.15, 0.2) is 36.4 Å². The minimum absolute atomic E-state index is 0.0502. The average molecular weight is 364 g/mol. The van der Waals surface area contributed by atoms with Crippen LogP contribution in [0.5, 0.6) is 0 Å². The quantitative estimate of drug-likeness (QED) is 0.784. The lowest BCUT2D eigenvalue weighted by Crippen LogP contribution is -2.21. The molecule has 2 amide bonds. The first kappa shape index (κ1) is 19.2. The molecule has 4 heteroatoms. The van der Waals surface area contributed by atoms with Crippen LogP contribution >= 0.6 is 0 Å². The number of benzene rings is 2. The molecular weight excluding hydrogens is 336 g/mol. The normalized spacial score (nSPS) is 18.1. The lowest BCUT2D eigenvalue weighted by Gasteiger charge is -2.14. The topological polar surface area (TPSA) is 58.2 Å². The monoisotopic (exact) mass is 364 g/mol. The largest absolute Gasteiger partial charge is 0.326 e. The van der Waals surface area contributed by atoms with Gasteiger partial charge in [-0.05, 0) is 67.5 Å². The molecule has 4 nitrogen and oxygen atoms in total.